The van der Waals surface area contributed by atoms with Crippen LogP contribution in [0.1, 0.15) is 128 Å². The van der Waals surface area contributed by atoms with Crippen LogP contribution in [0, 0.1) is 0 Å². The zero-order valence-corrected chi connectivity index (χ0v) is 39.0. The molecule has 0 atom stereocenters. The van der Waals surface area contributed by atoms with Crippen LogP contribution >= 0.6 is 0 Å². The monoisotopic (exact) mass is 821 g/mol. The molecular formula is C52H76N4O4. The highest BCUT2D eigenvalue weighted by Gasteiger charge is 2.14. The summed E-state index contributed by atoms with van der Waals surface area (Å²) in [4.78, 5) is 9.13. The van der Waals surface area contributed by atoms with Crippen LogP contribution in [-0.4, -0.2) is 92.4 Å². The fraction of sp³-hybridized carbons (Fsp3) is 0.462. The first-order valence-electron chi connectivity index (χ1n) is 22.2. The molecule has 0 aliphatic heterocycles. The molecule has 60 heavy (non-hydrogen) atoms. The zero-order valence-electron chi connectivity index (χ0n) is 39.0. The molecule has 328 valence electrons. The Bertz CT molecular complexity index is 1730. The Morgan fingerprint density at radius 2 is 0.483 bits per heavy atom. The molecular weight excluding hydrogens is 745 g/mol. The number of benzene rings is 4. The minimum absolute atomic E-state index is 0.337. The van der Waals surface area contributed by atoms with Gasteiger partial charge in [-0.05, 0) is 149 Å². The van der Waals surface area contributed by atoms with E-state index in [4.69, 9.17) is 0 Å². The SMILES string of the molecule is CCN(CC)Cc1ccc(/C(C)=C(/C)c2ccc(CN(CC)CC)c(O)c2)cc1O.CCN(CC)Cc1ccc(/C(C)=C(\C)c2ccc(CN(CC)CC)c(O)c2)cc1O. The van der Waals surface area contributed by atoms with Crippen LogP contribution in [-0.2, 0) is 26.2 Å². The smallest absolute Gasteiger partial charge is 0.120 e. The molecule has 8 nitrogen and oxygen atoms in total. The van der Waals surface area contributed by atoms with E-state index in [9.17, 15) is 20.4 Å². The maximum absolute atomic E-state index is 10.5. The minimum Gasteiger partial charge on any atom is -0.508 e. The number of nitrogens with zero attached hydrogens (tertiary/aromatic N) is 4. The van der Waals surface area contributed by atoms with Crippen LogP contribution in [0.2, 0.25) is 0 Å². The van der Waals surface area contributed by atoms with Crippen molar-refractivity contribution >= 4 is 22.3 Å². The van der Waals surface area contributed by atoms with E-state index in [2.05, 4.69) is 127 Å². The lowest BCUT2D eigenvalue weighted by atomic mass is 9.95. The molecule has 4 aromatic rings. The van der Waals surface area contributed by atoms with E-state index in [-0.39, 0.29) is 0 Å². The lowest BCUT2D eigenvalue weighted by molar-refractivity contribution is 0.291. The average Bonchev–Trinajstić information content (AvgIpc) is 3.26. The lowest BCUT2D eigenvalue weighted by Crippen LogP contribution is -2.22. The van der Waals surface area contributed by atoms with Gasteiger partial charge < -0.3 is 20.4 Å². The molecule has 0 fully saturated rings. The second-order valence-corrected chi connectivity index (χ2v) is 15.7. The van der Waals surface area contributed by atoms with Gasteiger partial charge in [0.1, 0.15) is 23.0 Å². The third-order valence-electron chi connectivity index (χ3n) is 12.4. The molecule has 4 aromatic carbocycles. The average molecular weight is 821 g/mol. The van der Waals surface area contributed by atoms with Crippen LogP contribution in [0.4, 0.5) is 0 Å². The first-order valence-corrected chi connectivity index (χ1v) is 22.2. The summed E-state index contributed by atoms with van der Waals surface area (Å²) < 4.78 is 0. The molecule has 4 rings (SSSR count). The van der Waals surface area contributed by atoms with Gasteiger partial charge in [0.15, 0.2) is 0 Å². The number of phenolic OH excluding ortho intramolecular Hbond substituents is 4. The van der Waals surface area contributed by atoms with Gasteiger partial charge in [-0.3, -0.25) is 19.6 Å². The number of phenols is 4. The fourth-order valence-electron chi connectivity index (χ4n) is 7.34. The van der Waals surface area contributed by atoms with Crippen molar-refractivity contribution in [1.82, 2.24) is 19.6 Å². The first-order chi connectivity index (χ1) is 28.7. The molecule has 0 bridgehead atoms. The fourth-order valence-corrected chi connectivity index (χ4v) is 7.34. The third-order valence-corrected chi connectivity index (χ3v) is 12.4. The van der Waals surface area contributed by atoms with Crippen molar-refractivity contribution in [2.24, 2.45) is 0 Å². The van der Waals surface area contributed by atoms with Gasteiger partial charge in [0.2, 0.25) is 0 Å². The van der Waals surface area contributed by atoms with Crippen LogP contribution in [0.25, 0.3) is 22.3 Å². The summed E-state index contributed by atoms with van der Waals surface area (Å²) in [6.45, 7) is 36.0. The van der Waals surface area contributed by atoms with Crippen molar-refractivity contribution in [2.75, 3.05) is 52.4 Å². The van der Waals surface area contributed by atoms with E-state index >= 15 is 0 Å². The molecule has 0 amide bonds. The standard InChI is InChI=1S/2C26H38N2O2/c2*1-7-27(8-2)17-23-13-11-21(15-25(23)29)19(5)20(6)22-12-14-24(26(30)16-22)18-28(9-3)10-4/h2*11-16,29-30H,7-10,17-18H2,1-6H3/b20-19+;20-19-. The number of rotatable bonds is 20. The highest BCUT2D eigenvalue weighted by atomic mass is 16.3. The van der Waals surface area contributed by atoms with Crippen LogP contribution in [0.15, 0.2) is 72.8 Å². The van der Waals surface area contributed by atoms with E-state index < -0.39 is 0 Å². The topological polar surface area (TPSA) is 93.9 Å². The highest BCUT2D eigenvalue weighted by Crippen LogP contribution is 2.34. The molecule has 0 aromatic heterocycles. The van der Waals surface area contributed by atoms with E-state index in [1.165, 1.54) is 0 Å². The Labute approximate surface area is 363 Å². The van der Waals surface area contributed by atoms with Gasteiger partial charge in [-0.15, -0.1) is 0 Å². The van der Waals surface area contributed by atoms with Gasteiger partial charge in [0.25, 0.3) is 0 Å². The van der Waals surface area contributed by atoms with E-state index in [1.807, 2.05) is 48.5 Å². The summed E-state index contributed by atoms with van der Waals surface area (Å²) in [5.74, 6) is 1.35. The maximum atomic E-state index is 10.5. The van der Waals surface area contributed by atoms with E-state index in [0.717, 1.165) is 145 Å². The van der Waals surface area contributed by atoms with Crippen molar-refractivity contribution in [1.29, 1.82) is 0 Å². The molecule has 0 heterocycles. The minimum atomic E-state index is 0.337. The van der Waals surface area contributed by atoms with Crippen molar-refractivity contribution in [3.8, 4) is 23.0 Å². The van der Waals surface area contributed by atoms with Gasteiger partial charge in [-0.1, -0.05) is 104 Å². The predicted octanol–water partition coefficient (Wildman–Crippen LogP) is 11.5. The zero-order chi connectivity index (χ0) is 44.5. The van der Waals surface area contributed by atoms with Crippen molar-refractivity contribution < 1.29 is 20.4 Å². The molecule has 0 saturated heterocycles. The third kappa shape index (κ3) is 13.7. The van der Waals surface area contributed by atoms with E-state index in [0.29, 0.717) is 23.0 Å². The van der Waals surface area contributed by atoms with E-state index in [1.54, 1.807) is 0 Å². The number of allylic oxidation sites excluding steroid dienone is 4. The predicted molar refractivity (Wildman–Crippen MR) is 255 cm³/mol. The summed E-state index contributed by atoms with van der Waals surface area (Å²) in [6, 6.07) is 23.8. The summed E-state index contributed by atoms with van der Waals surface area (Å²) >= 11 is 0. The van der Waals surface area contributed by atoms with Crippen molar-refractivity contribution in [2.45, 2.75) is 109 Å². The largest absolute Gasteiger partial charge is 0.508 e. The van der Waals surface area contributed by atoms with Gasteiger partial charge in [0.05, 0.1) is 0 Å². The van der Waals surface area contributed by atoms with Gasteiger partial charge in [-0.25, -0.2) is 0 Å². The molecule has 8 heteroatoms. The molecule has 0 radical (unpaired) electrons. The van der Waals surface area contributed by atoms with Crippen molar-refractivity contribution in [3.05, 3.63) is 117 Å². The molecule has 4 N–H and O–H groups in total. The quantitative estimate of drug-likeness (QED) is 0.0655. The Kier molecular flexibility index (Phi) is 20.4. The van der Waals surface area contributed by atoms with Crippen molar-refractivity contribution in [3.63, 3.8) is 0 Å². The summed E-state index contributed by atoms with van der Waals surface area (Å²) in [5.41, 5.74) is 12.2. The maximum Gasteiger partial charge on any atom is 0.120 e. The van der Waals surface area contributed by atoms with Gasteiger partial charge in [-0.2, -0.15) is 0 Å². The Morgan fingerprint density at radius 1 is 0.317 bits per heavy atom. The van der Waals surface area contributed by atoms with Gasteiger partial charge >= 0.3 is 0 Å². The molecule has 0 spiro atoms. The number of hydrogen-bond acceptors (Lipinski definition) is 8. The number of hydrogen-bond donors (Lipinski definition) is 4. The second kappa shape index (κ2) is 24.6. The van der Waals surface area contributed by atoms with Crippen LogP contribution in [0.3, 0.4) is 0 Å². The first kappa shape index (κ1) is 49.8. The second-order valence-electron chi connectivity index (χ2n) is 15.7. The van der Waals surface area contributed by atoms with Gasteiger partial charge in [0, 0.05) is 48.4 Å². The normalized spacial score (nSPS) is 12.5. The van der Waals surface area contributed by atoms with Crippen LogP contribution < -0.4 is 0 Å². The molecule has 0 saturated carbocycles. The number of aromatic hydroxyl groups is 4. The molecule has 0 unspecified atom stereocenters. The van der Waals surface area contributed by atoms with Crippen LogP contribution in [0.5, 0.6) is 23.0 Å². The summed E-state index contributed by atoms with van der Waals surface area (Å²) in [5, 5.41) is 42.2. The lowest BCUT2D eigenvalue weighted by Gasteiger charge is -2.20. The molecule has 0 aliphatic carbocycles. The molecule has 0 aliphatic rings. The highest BCUT2D eigenvalue weighted by molar-refractivity contribution is 5.90. The Balaban J connectivity index is 0.000000320. The summed E-state index contributed by atoms with van der Waals surface area (Å²) in [6.07, 6.45) is 0. The Hall–Kier alpha value is -4.60. The Morgan fingerprint density at radius 3 is 0.617 bits per heavy atom. The summed E-state index contributed by atoms with van der Waals surface area (Å²) in [7, 11) is 0.